The van der Waals surface area contributed by atoms with Crippen molar-refractivity contribution in [1.82, 2.24) is 10.2 Å². The SMILES string of the molecule is CC(C)NC1CCN(C)CCC1(F)F.[HH]. The summed E-state index contributed by atoms with van der Waals surface area (Å²) in [5.74, 6) is -2.56. The third-order valence-corrected chi connectivity index (χ3v) is 2.67. The highest BCUT2D eigenvalue weighted by atomic mass is 19.3. The summed E-state index contributed by atoms with van der Waals surface area (Å²) >= 11 is 0. The summed E-state index contributed by atoms with van der Waals surface area (Å²) in [5.41, 5.74) is 0. The molecule has 1 atom stereocenters. The van der Waals surface area contributed by atoms with E-state index in [-0.39, 0.29) is 13.9 Å². The summed E-state index contributed by atoms with van der Waals surface area (Å²) < 4.78 is 27.1. The van der Waals surface area contributed by atoms with Crippen molar-refractivity contribution in [3.63, 3.8) is 0 Å². The summed E-state index contributed by atoms with van der Waals surface area (Å²) in [6.07, 6.45) is 0.496. The van der Waals surface area contributed by atoms with Gasteiger partial charge >= 0.3 is 0 Å². The number of hydrogen-bond donors (Lipinski definition) is 1. The molecule has 0 aromatic carbocycles. The van der Waals surface area contributed by atoms with E-state index in [1.165, 1.54) is 0 Å². The molecule has 0 radical (unpaired) electrons. The molecule has 1 rings (SSSR count). The van der Waals surface area contributed by atoms with Gasteiger partial charge in [0.15, 0.2) is 0 Å². The van der Waals surface area contributed by atoms with Crippen LogP contribution in [0.2, 0.25) is 0 Å². The standard InChI is InChI=1S/C10H20F2N2.H2/c1-8(2)13-9-4-6-14(3)7-5-10(9,11)12;/h8-9,13H,4-7H2,1-3H3;1H. The normalized spacial score (nSPS) is 29.1. The average Bonchev–Trinajstić information content (AvgIpc) is 2.17. The lowest BCUT2D eigenvalue weighted by atomic mass is 10.0. The van der Waals surface area contributed by atoms with Crippen LogP contribution in [0.1, 0.15) is 28.1 Å². The van der Waals surface area contributed by atoms with Gasteiger partial charge in [0.2, 0.25) is 0 Å². The Morgan fingerprint density at radius 3 is 2.64 bits per heavy atom. The van der Waals surface area contributed by atoms with Crippen LogP contribution in [0, 0.1) is 0 Å². The Labute approximate surface area is 86.1 Å². The van der Waals surface area contributed by atoms with Gasteiger partial charge < -0.3 is 10.2 Å². The maximum atomic E-state index is 13.6. The first-order valence-electron chi connectivity index (χ1n) is 5.24. The molecule has 0 aromatic heterocycles. The van der Waals surface area contributed by atoms with Crippen molar-refractivity contribution in [3.05, 3.63) is 0 Å². The van der Waals surface area contributed by atoms with Gasteiger partial charge in [-0.25, -0.2) is 8.78 Å². The Morgan fingerprint density at radius 2 is 2.07 bits per heavy atom. The van der Waals surface area contributed by atoms with E-state index in [1.807, 2.05) is 25.8 Å². The molecular formula is C10H22F2N2. The van der Waals surface area contributed by atoms with Gasteiger partial charge in [0.25, 0.3) is 5.92 Å². The molecule has 0 bridgehead atoms. The molecular weight excluding hydrogens is 186 g/mol. The van der Waals surface area contributed by atoms with Gasteiger partial charge in [-0.05, 0) is 20.0 Å². The van der Waals surface area contributed by atoms with E-state index in [2.05, 4.69) is 5.32 Å². The van der Waals surface area contributed by atoms with Crippen molar-refractivity contribution in [3.8, 4) is 0 Å². The molecule has 0 amide bonds. The minimum atomic E-state index is -2.56. The summed E-state index contributed by atoms with van der Waals surface area (Å²) in [6, 6.07) is -0.540. The molecule has 0 saturated carbocycles. The fraction of sp³-hybridized carbons (Fsp3) is 1.00. The molecule has 1 aliphatic rings. The van der Waals surface area contributed by atoms with E-state index in [9.17, 15) is 8.78 Å². The van der Waals surface area contributed by atoms with Crippen LogP contribution < -0.4 is 5.32 Å². The van der Waals surface area contributed by atoms with Crippen molar-refractivity contribution in [1.29, 1.82) is 0 Å². The number of hydrogen-bond acceptors (Lipinski definition) is 2. The van der Waals surface area contributed by atoms with Gasteiger partial charge in [-0.2, -0.15) is 0 Å². The third kappa shape index (κ3) is 3.17. The molecule has 86 valence electrons. The monoisotopic (exact) mass is 208 g/mol. The highest BCUT2D eigenvalue weighted by molar-refractivity contribution is 4.88. The minimum Gasteiger partial charge on any atom is -0.306 e. The summed E-state index contributed by atoms with van der Waals surface area (Å²) in [6.45, 7) is 5.05. The number of likely N-dealkylation sites (tertiary alicyclic amines) is 1. The molecule has 0 spiro atoms. The number of halogens is 2. The first kappa shape index (κ1) is 11.9. The van der Waals surface area contributed by atoms with Crippen molar-refractivity contribution < 1.29 is 10.2 Å². The van der Waals surface area contributed by atoms with E-state index >= 15 is 0 Å². The third-order valence-electron chi connectivity index (χ3n) is 2.67. The quantitative estimate of drug-likeness (QED) is 0.746. The highest BCUT2D eigenvalue weighted by Gasteiger charge is 2.40. The number of nitrogens with one attached hydrogen (secondary N) is 1. The van der Waals surface area contributed by atoms with Crippen molar-refractivity contribution in [2.24, 2.45) is 0 Å². The Hall–Kier alpha value is -0.220. The van der Waals surface area contributed by atoms with Crippen LogP contribution in [-0.4, -0.2) is 43.0 Å². The van der Waals surface area contributed by atoms with Crippen molar-refractivity contribution in [2.75, 3.05) is 20.1 Å². The van der Waals surface area contributed by atoms with E-state index in [4.69, 9.17) is 0 Å². The Morgan fingerprint density at radius 1 is 1.43 bits per heavy atom. The topological polar surface area (TPSA) is 15.3 Å². The predicted octanol–water partition coefficient (Wildman–Crippen LogP) is 1.96. The Balaban J connectivity index is 0.00000196. The molecule has 1 N–H and O–H groups in total. The second kappa shape index (κ2) is 4.53. The van der Waals surface area contributed by atoms with Gasteiger partial charge in [0, 0.05) is 20.4 Å². The van der Waals surface area contributed by atoms with Crippen LogP contribution in [-0.2, 0) is 0 Å². The lowest BCUT2D eigenvalue weighted by molar-refractivity contribution is -0.0430. The van der Waals surface area contributed by atoms with E-state index in [0.29, 0.717) is 13.0 Å². The van der Waals surface area contributed by atoms with E-state index < -0.39 is 12.0 Å². The second-order valence-electron chi connectivity index (χ2n) is 4.48. The lowest BCUT2D eigenvalue weighted by Crippen LogP contribution is -2.47. The van der Waals surface area contributed by atoms with Crippen molar-refractivity contribution >= 4 is 0 Å². The molecule has 2 nitrogen and oxygen atoms in total. The van der Waals surface area contributed by atoms with Gasteiger partial charge in [-0.3, -0.25) is 0 Å². The van der Waals surface area contributed by atoms with E-state index in [1.54, 1.807) is 0 Å². The van der Waals surface area contributed by atoms with Gasteiger partial charge in [-0.15, -0.1) is 0 Å². The lowest BCUT2D eigenvalue weighted by Gasteiger charge is -2.27. The zero-order valence-corrected chi connectivity index (χ0v) is 9.19. The maximum absolute atomic E-state index is 13.6. The van der Waals surface area contributed by atoms with Gasteiger partial charge in [-0.1, -0.05) is 13.8 Å². The van der Waals surface area contributed by atoms with Gasteiger partial charge in [0.1, 0.15) is 0 Å². The molecule has 1 heterocycles. The zero-order chi connectivity index (χ0) is 10.8. The van der Waals surface area contributed by atoms with Crippen LogP contribution in [0.3, 0.4) is 0 Å². The Kier molecular flexibility index (Phi) is 3.84. The Bertz CT molecular complexity index is 188. The van der Waals surface area contributed by atoms with Crippen molar-refractivity contribution in [2.45, 2.75) is 44.7 Å². The molecule has 1 unspecified atom stereocenters. The smallest absolute Gasteiger partial charge is 0.264 e. The maximum Gasteiger partial charge on any atom is 0.264 e. The molecule has 0 aliphatic carbocycles. The van der Waals surface area contributed by atoms with Crippen LogP contribution >= 0.6 is 0 Å². The molecule has 14 heavy (non-hydrogen) atoms. The molecule has 1 aliphatic heterocycles. The van der Waals surface area contributed by atoms with Crippen LogP contribution in [0.15, 0.2) is 0 Å². The zero-order valence-electron chi connectivity index (χ0n) is 9.19. The fourth-order valence-corrected chi connectivity index (χ4v) is 1.79. The van der Waals surface area contributed by atoms with Crippen LogP contribution in [0.4, 0.5) is 8.78 Å². The van der Waals surface area contributed by atoms with E-state index in [0.717, 1.165) is 6.54 Å². The first-order valence-corrected chi connectivity index (χ1v) is 5.24. The predicted molar refractivity (Wildman–Crippen MR) is 55.9 cm³/mol. The first-order chi connectivity index (χ1) is 6.42. The fourth-order valence-electron chi connectivity index (χ4n) is 1.79. The number of alkyl halides is 2. The summed E-state index contributed by atoms with van der Waals surface area (Å²) in [5, 5.41) is 2.96. The number of nitrogens with zero attached hydrogens (tertiary/aromatic N) is 1. The van der Waals surface area contributed by atoms with Crippen LogP contribution in [0.5, 0.6) is 0 Å². The molecule has 4 heteroatoms. The minimum absolute atomic E-state index is 0. The van der Waals surface area contributed by atoms with Gasteiger partial charge in [0.05, 0.1) is 6.04 Å². The summed E-state index contributed by atoms with van der Waals surface area (Å²) in [4.78, 5) is 1.97. The molecule has 0 aromatic rings. The average molecular weight is 208 g/mol. The second-order valence-corrected chi connectivity index (χ2v) is 4.48. The molecule has 1 saturated heterocycles. The largest absolute Gasteiger partial charge is 0.306 e. The highest BCUT2D eigenvalue weighted by Crippen LogP contribution is 2.28. The number of rotatable bonds is 2. The van der Waals surface area contributed by atoms with Crippen LogP contribution in [0.25, 0.3) is 0 Å². The summed E-state index contributed by atoms with van der Waals surface area (Å²) in [7, 11) is 1.90. The molecule has 1 fully saturated rings.